The summed E-state index contributed by atoms with van der Waals surface area (Å²) in [4.78, 5) is 0. The van der Waals surface area contributed by atoms with Crippen LogP contribution in [-0.2, 0) is 0 Å². The molecule has 0 radical (unpaired) electrons. The van der Waals surface area contributed by atoms with Gasteiger partial charge in [-0.05, 0) is 26.1 Å². The SMILES string of the molecule is CNC(c1ccc(C)o1)C(F)(F)C(F)F. The fourth-order valence-electron chi connectivity index (χ4n) is 1.26. The lowest BCUT2D eigenvalue weighted by Crippen LogP contribution is -2.40. The molecule has 0 bridgehead atoms. The highest BCUT2D eigenvalue weighted by atomic mass is 19.3. The molecular formula is C9H11F4NO. The minimum atomic E-state index is -4.15. The number of hydrogen-bond acceptors (Lipinski definition) is 2. The molecule has 2 nitrogen and oxygen atoms in total. The Bertz CT molecular complexity index is 324. The van der Waals surface area contributed by atoms with Gasteiger partial charge in [-0.25, -0.2) is 8.78 Å². The summed E-state index contributed by atoms with van der Waals surface area (Å²) >= 11 is 0. The van der Waals surface area contributed by atoms with Gasteiger partial charge >= 0.3 is 12.3 Å². The van der Waals surface area contributed by atoms with Crippen molar-refractivity contribution in [2.45, 2.75) is 25.3 Å². The van der Waals surface area contributed by atoms with Gasteiger partial charge < -0.3 is 9.73 Å². The molecule has 86 valence electrons. The van der Waals surface area contributed by atoms with Gasteiger partial charge in [-0.15, -0.1) is 0 Å². The summed E-state index contributed by atoms with van der Waals surface area (Å²) in [5.41, 5.74) is 0. The van der Waals surface area contributed by atoms with E-state index in [1.165, 1.54) is 19.2 Å². The lowest BCUT2D eigenvalue weighted by molar-refractivity contribution is -0.153. The molecule has 1 heterocycles. The first kappa shape index (κ1) is 12.0. The van der Waals surface area contributed by atoms with E-state index < -0.39 is 18.4 Å². The second kappa shape index (κ2) is 4.22. The number of alkyl halides is 4. The third kappa shape index (κ3) is 2.31. The highest BCUT2D eigenvalue weighted by Crippen LogP contribution is 2.36. The highest BCUT2D eigenvalue weighted by Gasteiger charge is 2.50. The Morgan fingerprint density at radius 2 is 1.93 bits per heavy atom. The third-order valence-electron chi connectivity index (χ3n) is 2.01. The van der Waals surface area contributed by atoms with E-state index in [1.807, 2.05) is 0 Å². The molecule has 0 aliphatic rings. The Balaban J connectivity index is 2.98. The number of hydrogen-bond donors (Lipinski definition) is 1. The van der Waals surface area contributed by atoms with Gasteiger partial charge in [-0.2, -0.15) is 8.78 Å². The molecule has 1 unspecified atom stereocenters. The van der Waals surface area contributed by atoms with Crippen LogP contribution in [0.3, 0.4) is 0 Å². The van der Waals surface area contributed by atoms with E-state index in [0.717, 1.165) is 0 Å². The molecule has 1 atom stereocenters. The summed E-state index contributed by atoms with van der Waals surface area (Å²) in [5.74, 6) is -3.95. The molecule has 1 aromatic heterocycles. The summed E-state index contributed by atoms with van der Waals surface area (Å²) in [6, 6.07) is 0.889. The Morgan fingerprint density at radius 3 is 2.27 bits per heavy atom. The third-order valence-corrected chi connectivity index (χ3v) is 2.01. The average Bonchev–Trinajstić information content (AvgIpc) is 2.52. The lowest BCUT2D eigenvalue weighted by Gasteiger charge is -2.23. The molecule has 6 heteroatoms. The first-order valence-electron chi connectivity index (χ1n) is 4.29. The Hall–Kier alpha value is -1.04. The molecule has 0 aliphatic heterocycles. The predicted molar refractivity (Wildman–Crippen MR) is 46.2 cm³/mol. The van der Waals surface area contributed by atoms with E-state index >= 15 is 0 Å². The number of furan rings is 1. The van der Waals surface area contributed by atoms with Crippen LogP contribution in [-0.4, -0.2) is 19.4 Å². The summed E-state index contributed by atoms with van der Waals surface area (Å²) in [5, 5.41) is 2.13. The van der Waals surface area contributed by atoms with Crippen molar-refractivity contribution in [3.63, 3.8) is 0 Å². The maximum atomic E-state index is 13.0. The van der Waals surface area contributed by atoms with Crippen LogP contribution < -0.4 is 5.32 Å². The van der Waals surface area contributed by atoms with Crippen LogP contribution in [0.4, 0.5) is 17.6 Å². The van der Waals surface area contributed by atoms with E-state index in [-0.39, 0.29) is 5.76 Å². The maximum Gasteiger partial charge on any atom is 0.329 e. The summed E-state index contributed by atoms with van der Waals surface area (Å²) < 4.78 is 55.2. The van der Waals surface area contributed by atoms with Gasteiger partial charge in [0, 0.05) is 0 Å². The zero-order valence-electron chi connectivity index (χ0n) is 8.23. The van der Waals surface area contributed by atoms with Crippen molar-refractivity contribution in [2.75, 3.05) is 7.05 Å². The monoisotopic (exact) mass is 225 g/mol. The maximum absolute atomic E-state index is 13.0. The molecule has 0 saturated carbocycles. The quantitative estimate of drug-likeness (QED) is 0.797. The van der Waals surface area contributed by atoms with E-state index in [2.05, 4.69) is 5.32 Å². The minimum Gasteiger partial charge on any atom is -0.464 e. The first-order chi connectivity index (χ1) is 6.89. The van der Waals surface area contributed by atoms with Crippen LogP contribution >= 0.6 is 0 Å². The van der Waals surface area contributed by atoms with Crippen LogP contribution in [0.15, 0.2) is 16.5 Å². The number of aryl methyl sites for hydroxylation is 1. The summed E-state index contributed by atoms with van der Waals surface area (Å²) in [6.07, 6.45) is -3.74. The van der Waals surface area contributed by atoms with Crippen LogP contribution in [0, 0.1) is 6.92 Å². The Morgan fingerprint density at radius 1 is 1.33 bits per heavy atom. The number of nitrogens with one attached hydrogen (secondary N) is 1. The molecule has 0 spiro atoms. The highest BCUT2D eigenvalue weighted by molar-refractivity contribution is 5.13. The normalized spacial score (nSPS) is 14.6. The Kier molecular flexibility index (Phi) is 3.38. The second-order valence-corrected chi connectivity index (χ2v) is 3.15. The van der Waals surface area contributed by atoms with Crippen molar-refractivity contribution < 1.29 is 22.0 Å². The van der Waals surface area contributed by atoms with Gasteiger partial charge in [0.1, 0.15) is 17.6 Å². The predicted octanol–water partition coefficient (Wildman–Crippen LogP) is 2.75. The van der Waals surface area contributed by atoms with Crippen molar-refractivity contribution in [3.8, 4) is 0 Å². The zero-order valence-corrected chi connectivity index (χ0v) is 8.23. The van der Waals surface area contributed by atoms with E-state index in [4.69, 9.17) is 4.42 Å². The standard InChI is InChI=1S/C9H11F4NO/c1-5-3-4-6(15-5)7(14-2)9(12,13)8(10)11/h3-4,7-8,14H,1-2H3. The van der Waals surface area contributed by atoms with Gasteiger partial charge in [0.05, 0.1) is 0 Å². The fraction of sp³-hybridized carbons (Fsp3) is 0.556. The van der Waals surface area contributed by atoms with E-state index in [0.29, 0.717) is 5.76 Å². The average molecular weight is 225 g/mol. The molecule has 0 saturated heterocycles. The van der Waals surface area contributed by atoms with Crippen molar-refractivity contribution >= 4 is 0 Å². The molecule has 0 amide bonds. The van der Waals surface area contributed by atoms with Gasteiger partial charge in [-0.3, -0.25) is 0 Å². The minimum absolute atomic E-state index is 0.194. The van der Waals surface area contributed by atoms with Crippen molar-refractivity contribution in [3.05, 3.63) is 23.7 Å². The zero-order chi connectivity index (χ0) is 11.6. The number of halogens is 4. The Labute approximate surface area is 84.3 Å². The molecule has 0 aromatic carbocycles. The van der Waals surface area contributed by atoms with Crippen LogP contribution in [0.25, 0.3) is 0 Å². The summed E-state index contributed by atoms with van der Waals surface area (Å²) in [7, 11) is 1.18. The van der Waals surface area contributed by atoms with Gasteiger partial charge in [-0.1, -0.05) is 0 Å². The molecule has 0 aliphatic carbocycles. The van der Waals surface area contributed by atoms with Crippen molar-refractivity contribution in [1.82, 2.24) is 5.32 Å². The van der Waals surface area contributed by atoms with Gasteiger partial charge in [0.2, 0.25) is 0 Å². The molecular weight excluding hydrogens is 214 g/mol. The molecule has 0 fully saturated rings. The van der Waals surface area contributed by atoms with Gasteiger partial charge in [0.25, 0.3) is 0 Å². The molecule has 15 heavy (non-hydrogen) atoms. The van der Waals surface area contributed by atoms with E-state index in [1.54, 1.807) is 6.92 Å². The molecule has 1 aromatic rings. The smallest absolute Gasteiger partial charge is 0.329 e. The van der Waals surface area contributed by atoms with Crippen molar-refractivity contribution in [2.24, 2.45) is 0 Å². The van der Waals surface area contributed by atoms with Crippen LogP contribution in [0.5, 0.6) is 0 Å². The second-order valence-electron chi connectivity index (χ2n) is 3.15. The first-order valence-corrected chi connectivity index (χ1v) is 4.29. The summed E-state index contributed by atoms with van der Waals surface area (Å²) in [6.45, 7) is 1.55. The largest absolute Gasteiger partial charge is 0.464 e. The van der Waals surface area contributed by atoms with E-state index in [9.17, 15) is 17.6 Å². The lowest BCUT2D eigenvalue weighted by atomic mass is 10.1. The fourth-order valence-corrected chi connectivity index (χ4v) is 1.26. The van der Waals surface area contributed by atoms with Crippen molar-refractivity contribution in [1.29, 1.82) is 0 Å². The van der Waals surface area contributed by atoms with Gasteiger partial charge in [0.15, 0.2) is 0 Å². The number of rotatable bonds is 4. The molecule has 1 N–H and O–H groups in total. The van der Waals surface area contributed by atoms with Crippen LogP contribution in [0.2, 0.25) is 0 Å². The topological polar surface area (TPSA) is 25.2 Å². The molecule has 1 rings (SSSR count). The van der Waals surface area contributed by atoms with Crippen LogP contribution in [0.1, 0.15) is 17.6 Å².